The van der Waals surface area contributed by atoms with Gasteiger partial charge in [-0.1, -0.05) is 24.4 Å². The number of carbonyl (C=O) groups is 1. The van der Waals surface area contributed by atoms with Crippen molar-refractivity contribution in [3.8, 4) is 0 Å². The Morgan fingerprint density at radius 1 is 1.04 bits per heavy atom. The standard InChI is InChI=1S/C17H19ClN4O/c18-13-5-7-14(8-6-13)20-17-19-10-9-15(21-17)16(23)22-11-3-1-2-4-12-22/h5-10H,1-4,11-12H2,(H,19,20,21). The summed E-state index contributed by atoms with van der Waals surface area (Å²) in [6.45, 7) is 1.62. The minimum Gasteiger partial charge on any atom is -0.337 e. The molecule has 1 fully saturated rings. The van der Waals surface area contributed by atoms with Gasteiger partial charge < -0.3 is 10.2 Å². The quantitative estimate of drug-likeness (QED) is 0.927. The van der Waals surface area contributed by atoms with Crippen molar-refractivity contribution in [3.63, 3.8) is 0 Å². The van der Waals surface area contributed by atoms with Gasteiger partial charge in [0, 0.05) is 30.0 Å². The van der Waals surface area contributed by atoms with Gasteiger partial charge in [-0.2, -0.15) is 0 Å². The second-order valence-corrected chi connectivity index (χ2v) is 6.04. The fourth-order valence-electron chi connectivity index (χ4n) is 2.64. The third-order valence-corrected chi connectivity index (χ3v) is 4.12. The third kappa shape index (κ3) is 4.20. The van der Waals surface area contributed by atoms with E-state index in [0.29, 0.717) is 16.7 Å². The Kier molecular flexibility index (Phi) is 5.08. The average molecular weight is 331 g/mol. The molecule has 0 aliphatic carbocycles. The summed E-state index contributed by atoms with van der Waals surface area (Å²) in [6.07, 6.45) is 6.11. The molecule has 0 spiro atoms. The fraction of sp³-hybridized carbons (Fsp3) is 0.353. The Bertz CT molecular complexity index is 667. The number of nitrogens with one attached hydrogen (secondary N) is 1. The van der Waals surface area contributed by atoms with E-state index in [0.717, 1.165) is 31.6 Å². The van der Waals surface area contributed by atoms with Gasteiger partial charge in [-0.15, -0.1) is 0 Å². The first-order valence-corrected chi connectivity index (χ1v) is 8.25. The number of nitrogens with zero attached hydrogens (tertiary/aromatic N) is 3. The van der Waals surface area contributed by atoms with E-state index in [-0.39, 0.29) is 5.91 Å². The summed E-state index contributed by atoms with van der Waals surface area (Å²) in [6, 6.07) is 8.93. The zero-order chi connectivity index (χ0) is 16.1. The first-order valence-electron chi connectivity index (χ1n) is 7.87. The number of hydrogen-bond donors (Lipinski definition) is 1. The molecule has 120 valence electrons. The number of rotatable bonds is 3. The smallest absolute Gasteiger partial charge is 0.272 e. The second kappa shape index (κ2) is 7.42. The van der Waals surface area contributed by atoms with E-state index in [1.54, 1.807) is 24.4 Å². The van der Waals surface area contributed by atoms with Crippen molar-refractivity contribution in [2.45, 2.75) is 25.7 Å². The maximum absolute atomic E-state index is 12.6. The summed E-state index contributed by atoms with van der Waals surface area (Å²) in [5.41, 5.74) is 1.26. The molecule has 1 aliphatic heterocycles. The van der Waals surface area contributed by atoms with Crippen LogP contribution in [0.2, 0.25) is 5.02 Å². The zero-order valence-electron chi connectivity index (χ0n) is 12.8. The fourth-order valence-corrected chi connectivity index (χ4v) is 2.76. The van der Waals surface area contributed by atoms with Crippen molar-refractivity contribution in [3.05, 3.63) is 47.2 Å². The van der Waals surface area contributed by atoms with Gasteiger partial charge in [-0.25, -0.2) is 9.97 Å². The molecule has 6 heteroatoms. The van der Waals surface area contributed by atoms with E-state index < -0.39 is 0 Å². The molecule has 0 atom stereocenters. The highest BCUT2D eigenvalue weighted by Crippen LogP contribution is 2.17. The van der Waals surface area contributed by atoms with Crippen LogP contribution in [-0.2, 0) is 0 Å². The number of halogens is 1. The monoisotopic (exact) mass is 330 g/mol. The molecule has 1 N–H and O–H groups in total. The van der Waals surface area contributed by atoms with Crippen molar-refractivity contribution in [2.75, 3.05) is 18.4 Å². The summed E-state index contributed by atoms with van der Waals surface area (Å²) < 4.78 is 0. The molecule has 2 aromatic rings. The molecule has 5 nitrogen and oxygen atoms in total. The predicted octanol–water partition coefficient (Wildman–Crippen LogP) is 3.89. The Labute approximate surface area is 140 Å². The van der Waals surface area contributed by atoms with E-state index >= 15 is 0 Å². The molecule has 23 heavy (non-hydrogen) atoms. The van der Waals surface area contributed by atoms with Gasteiger partial charge in [0.05, 0.1) is 0 Å². The maximum Gasteiger partial charge on any atom is 0.272 e. The first kappa shape index (κ1) is 15.7. The van der Waals surface area contributed by atoms with Crippen molar-refractivity contribution in [1.82, 2.24) is 14.9 Å². The number of likely N-dealkylation sites (tertiary alicyclic amines) is 1. The lowest BCUT2D eigenvalue weighted by molar-refractivity contribution is 0.0755. The molecule has 1 saturated heterocycles. The molecular formula is C17H19ClN4O. The van der Waals surface area contributed by atoms with Crippen molar-refractivity contribution >= 4 is 29.1 Å². The Morgan fingerprint density at radius 3 is 2.43 bits per heavy atom. The number of anilines is 2. The minimum absolute atomic E-state index is 0.0199. The highest BCUT2D eigenvalue weighted by Gasteiger charge is 2.18. The van der Waals surface area contributed by atoms with Crippen LogP contribution in [0.1, 0.15) is 36.2 Å². The number of carbonyl (C=O) groups excluding carboxylic acids is 1. The third-order valence-electron chi connectivity index (χ3n) is 3.87. The number of benzene rings is 1. The summed E-state index contributed by atoms with van der Waals surface area (Å²) in [5.74, 6) is 0.390. The minimum atomic E-state index is -0.0199. The topological polar surface area (TPSA) is 58.1 Å². The average Bonchev–Trinajstić information content (AvgIpc) is 2.86. The number of hydrogen-bond acceptors (Lipinski definition) is 4. The summed E-state index contributed by atoms with van der Waals surface area (Å²) in [7, 11) is 0. The van der Waals surface area contributed by atoms with E-state index in [4.69, 9.17) is 11.6 Å². The maximum atomic E-state index is 12.6. The SMILES string of the molecule is O=C(c1ccnc(Nc2ccc(Cl)cc2)n1)N1CCCCCC1. The van der Waals surface area contributed by atoms with Gasteiger partial charge in [-0.05, 0) is 43.2 Å². The normalized spacial score (nSPS) is 15.1. The van der Waals surface area contributed by atoms with Gasteiger partial charge in [0.2, 0.25) is 5.95 Å². The van der Waals surface area contributed by atoms with Crippen LogP contribution in [-0.4, -0.2) is 33.9 Å². The molecule has 0 bridgehead atoms. The van der Waals surface area contributed by atoms with Gasteiger partial charge >= 0.3 is 0 Å². The van der Waals surface area contributed by atoms with Crippen molar-refractivity contribution in [2.24, 2.45) is 0 Å². The van der Waals surface area contributed by atoms with E-state index in [1.807, 2.05) is 17.0 Å². The van der Waals surface area contributed by atoms with Crippen molar-refractivity contribution < 1.29 is 4.79 Å². The van der Waals surface area contributed by atoms with Crippen LogP contribution < -0.4 is 5.32 Å². The molecule has 0 radical (unpaired) electrons. The molecule has 1 amide bonds. The van der Waals surface area contributed by atoms with E-state index in [1.165, 1.54) is 12.8 Å². The van der Waals surface area contributed by atoms with Crippen LogP contribution in [0.3, 0.4) is 0 Å². The summed E-state index contributed by atoms with van der Waals surface area (Å²) in [4.78, 5) is 23.0. The van der Waals surface area contributed by atoms with Gasteiger partial charge in [0.15, 0.2) is 0 Å². The van der Waals surface area contributed by atoms with Crippen LogP contribution in [0.4, 0.5) is 11.6 Å². The predicted molar refractivity (Wildman–Crippen MR) is 91.1 cm³/mol. The second-order valence-electron chi connectivity index (χ2n) is 5.60. The highest BCUT2D eigenvalue weighted by molar-refractivity contribution is 6.30. The zero-order valence-corrected chi connectivity index (χ0v) is 13.6. The first-order chi connectivity index (χ1) is 11.2. The Hall–Kier alpha value is -2.14. The molecule has 1 aliphatic rings. The van der Waals surface area contributed by atoms with Crippen LogP contribution in [0.25, 0.3) is 0 Å². The molecule has 2 heterocycles. The molecule has 0 unspecified atom stereocenters. The van der Waals surface area contributed by atoms with E-state index in [2.05, 4.69) is 15.3 Å². The van der Waals surface area contributed by atoms with Gasteiger partial charge in [0.25, 0.3) is 5.91 Å². The van der Waals surface area contributed by atoms with Crippen molar-refractivity contribution in [1.29, 1.82) is 0 Å². The largest absolute Gasteiger partial charge is 0.337 e. The van der Waals surface area contributed by atoms with Crippen LogP contribution in [0.5, 0.6) is 0 Å². The Balaban J connectivity index is 1.73. The number of amides is 1. The van der Waals surface area contributed by atoms with Crippen LogP contribution >= 0.6 is 11.6 Å². The lowest BCUT2D eigenvalue weighted by Gasteiger charge is -2.19. The highest BCUT2D eigenvalue weighted by atomic mass is 35.5. The van der Waals surface area contributed by atoms with Gasteiger partial charge in [-0.3, -0.25) is 4.79 Å². The van der Waals surface area contributed by atoms with Crippen LogP contribution in [0, 0.1) is 0 Å². The lowest BCUT2D eigenvalue weighted by atomic mass is 10.2. The lowest BCUT2D eigenvalue weighted by Crippen LogP contribution is -2.32. The van der Waals surface area contributed by atoms with Gasteiger partial charge in [0.1, 0.15) is 5.69 Å². The van der Waals surface area contributed by atoms with Crippen LogP contribution in [0.15, 0.2) is 36.5 Å². The molecule has 3 rings (SSSR count). The molecule has 0 saturated carbocycles. The molecular weight excluding hydrogens is 312 g/mol. The molecule has 1 aromatic carbocycles. The summed E-state index contributed by atoms with van der Waals surface area (Å²) in [5, 5.41) is 3.76. The Morgan fingerprint density at radius 2 is 1.74 bits per heavy atom. The summed E-state index contributed by atoms with van der Waals surface area (Å²) >= 11 is 5.87. The molecule has 1 aromatic heterocycles. The number of aromatic nitrogens is 2. The van der Waals surface area contributed by atoms with E-state index in [9.17, 15) is 4.79 Å².